The largest absolute Gasteiger partial charge is 0.301 e. The van der Waals surface area contributed by atoms with Crippen molar-refractivity contribution in [2.24, 2.45) is 0 Å². The highest BCUT2D eigenvalue weighted by atomic mass is 79.9. The molecule has 0 aromatic heterocycles. The van der Waals surface area contributed by atoms with E-state index in [1.54, 1.807) is 37.3 Å². The standard InChI is InChI=1S/C17H20BrFN2O2S/c1-12-7-8-14(18)10-17(12)24(22,23)20-11-16(21(2)3)13-5-4-6-15(19)9-13/h4-10,16,20H,11H2,1-3H3. The van der Waals surface area contributed by atoms with E-state index in [9.17, 15) is 12.8 Å². The summed E-state index contributed by atoms with van der Waals surface area (Å²) in [5.74, 6) is -0.343. The lowest BCUT2D eigenvalue weighted by molar-refractivity contribution is 0.299. The number of halogens is 2. The fourth-order valence-electron chi connectivity index (χ4n) is 2.44. The summed E-state index contributed by atoms with van der Waals surface area (Å²) in [5, 5.41) is 0. The number of nitrogens with zero attached hydrogens (tertiary/aromatic N) is 1. The molecule has 0 bridgehead atoms. The minimum Gasteiger partial charge on any atom is -0.301 e. The molecule has 130 valence electrons. The zero-order chi connectivity index (χ0) is 17.9. The number of benzene rings is 2. The normalized spacial score (nSPS) is 13.2. The molecule has 0 saturated heterocycles. The van der Waals surface area contributed by atoms with Crippen molar-refractivity contribution >= 4 is 26.0 Å². The van der Waals surface area contributed by atoms with Gasteiger partial charge in [0.25, 0.3) is 0 Å². The van der Waals surface area contributed by atoms with Crippen LogP contribution in [0.3, 0.4) is 0 Å². The predicted molar refractivity (Wildman–Crippen MR) is 96.9 cm³/mol. The highest BCUT2D eigenvalue weighted by Crippen LogP contribution is 2.22. The molecule has 0 radical (unpaired) electrons. The number of rotatable bonds is 6. The SMILES string of the molecule is Cc1ccc(Br)cc1S(=O)(=O)NCC(c1cccc(F)c1)N(C)C. The summed E-state index contributed by atoms with van der Waals surface area (Å²) >= 11 is 3.29. The third-order valence-corrected chi connectivity index (χ3v) is 5.82. The van der Waals surface area contributed by atoms with E-state index in [1.807, 2.05) is 19.0 Å². The number of nitrogens with one attached hydrogen (secondary N) is 1. The van der Waals surface area contributed by atoms with Crippen LogP contribution in [0, 0.1) is 12.7 Å². The molecule has 0 spiro atoms. The van der Waals surface area contributed by atoms with Crippen LogP contribution in [0.2, 0.25) is 0 Å². The number of hydrogen-bond acceptors (Lipinski definition) is 3. The first-order chi connectivity index (χ1) is 11.2. The second kappa shape index (κ2) is 7.74. The summed E-state index contributed by atoms with van der Waals surface area (Å²) in [4.78, 5) is 2.08. The van der Waals surface area contributed by atoms with Gasteiger partial charge in [-0.15, -0.1) is 0 Å². The fourth-order valence-corrected chi connectivity index (χ4v) is 4.26. The van der Waals surface area contributed by atoms with Gasteiger partial charge in [-0.1, -0.05) is 34.1 Å². The second-order valence-corrected chi connectivity index (χ2v) is 8.45. The van der Waals surface area contributed by atoms with Crippen molar-refractivity contribution in [3.8, 4) is 0 Å². The number of hydrogen-bond donors (Lipinski definition) is 1. The molecule has 1 unspecified atom stereocenters. The molecule has 1 N–H and O–H groups in total. The Balaban J connectivity index is 2.24. The molecule has 0 saturated carbocycles. The van der Waals surface area contributed by atoms with Crippen molar-refractivity contribution in [1.82, 2.24) is 9.62 Å². The maximum absolute atomic E-state index is 13.5. The summed E-state index contributed by atoms with van der Waals surface area (Å²) < 4.78 is 42.0. The first-order valence-electron chi connectivity index (χ1n) is 7.38. The van der Waals surface area contributed by atoms with Crippen LogP contribution >= 0.6 is 15.9 Å². The second-order valence-electron chi connectivity index (χ2n) is 5.80. The molecule has 2 aromatic rings. The molecule has 4 nitrogen and oxygen atoms in total. The quantitative estimate of drug-likeness (QED) is 0.786. The van der Waals surface area contributed by atoms with Gasteiger partial charge in [0.15, 0.2) is 0 Å². The minimum absolute atomic E-state index is 0.144. The summed E-state index contributed by atoms with van der Waals surface area (Å²) in [7, 11) is -0.00536. The molecule has 0 aliphatic heterocycles. The third kappa shape index (κ3) is 4.63. The third-order valence-electron chi connectivity index (χ3n) is 3.76. The Morgan fingerprint density at radius 2 is 1.92 bits per heavy atom. The lowest BCUT2D eigenvalue weighted by Gasteiger charge is -2.25. The van der Waals surface area contributed by atoms with E-state index in [2.05, 4.69) is 20.7 Å². The predicted octanol–water partition coefficient (Wildman–Crippen LogP) is 3.48. The van der Waals surface area contributed by atoms with Crippen molar-refractivity contribution in [3.05, 3.63) is 63.9 Å². The molecule has 0 heterocycles. The summed E-state index contributed by atoms with van der Waals surface area (Å²) in [6, 6.07) is 11.0. The zero-order valence-electron chi connectivity index (χ0n) is 13.8. The Morgan fingerprint density at radius 1 is 1.21 bits per heavy atom. The van der Waals surface area contributed by atoms with Crippen LogP contribution < -0.4 is 4.72 Å². The van der Waals surface area contributed by atoms with Gasteiger partial charge in [-0.25, -0.2) is 17.5 Å². The van der Waals surface area contributed by atoms with Crippen molar-refractivity contribution in [3.63, 3.8) is 0 Å². The van der Waals surface area contributed by atoms with Crippen LogP contribution in [0.4, 0.5) is 4.39 Å². The summed E-state index contributed by atoms with van der Waals surface area (Å²) in [6.45, 7) is 1.89. The molecule has 7 heteroatoms. The Morgan fingerprint density at radius 3 is 2.54 bits per heavy atom. The lowest BCUT2D eigenvalue weighted by atomic mass is 10.1. The van der Waals surface area contributed by atoms with Gasteiger partial charge < -0.3 is 4.90 Å². The average Bonchev–Trinajstić information content (AvgIpc) is 2.49. The van der Waals surface area contributed by atoms with Crippen molar-refractivity contribution in [1.29, 1.82) is 0 Å². The van der Waals surface area contributed by atoms with Crippen LogP contribution in [0.15, 0.2) is 51.8 Å². The van der Waals surface area contributed by atoms with Gasteiger partial charge in [0.05, 0.1) is 4.90 Å². The van der Waals surface area contributed by atoms with Gasteiger partial charge in [0.2, 0.25) is 10.0 Å². The Hall–Kier alpha value is -1.28. The van der Waals surface area contributed by atoms with E-state index in [4.69, 9.17) is 0 Å². The monoisotopic (exact) mass is 414 g/mol. The molecule has 0 amide bonds. The molecule has 0 fully saturated rings. The minimum atomic E-state index is -3.66. The van der Waals surface area contributed by atoms with Crippen LogP contribution in [-0.4, -0.2) is 34.0 Å². The van der Waals surface area contributed by atoms with E-state index in [-0.39, 0.29) is 23.3 Å². The lowest BCUT2D eigenvalue weighted by Crippen LogP contribution is -2.34. The molecular weight excluding hydrogens is 395 g/mol. The molecule has 2 aromatic carbocycles. The first kappa shape index (κ1) is 19.1. The smallest absolute Gasteiger partial charge is 0.240 e. The first-order valence-corrected chi connectivity index (χ1v) is 9.66. The Kier molecular flexibility index (Phi) is 6.14. The van der Waals surface area contributed by atoms with Crippen LogP contribution in [0.5, 0.6) is 0 Å². The highest BCUT2D eigenvalue weighted by molar-refractivity contribution is 9.10. The Bertz CT molecular complexity index is 825. The van der Waals surface area contributed by atoms with Gasteiger partial charge >= 0.3 is 0 Å². The summed E-state index contributed by atoms with van der Waals surface area (Å²) in [5.41, 5.74) is 1.38. The van der Waals surface area contributed by atoms with E-state index in [0.717, 1.165) is 0 Å². The summed E-state index contributed by atoms with van der Waals surface area (Å²) in [6.07, 6.45) is 0. The van der Waals surface area contributed by atoms with Crippen molar-refractivity contribution in [2.75, 3.05) is 20.6 Å². The number of aryl methyl sites for hydroxylation is 1. The van der Waals surface area contributed by atoms with Crippen molar-refractivity contribution in [2.45, 2.75) is 17.9 Å². The van der Waals surface area contributed by atoms with Gasteiger partial charge in [-0.05, 0) is 56.4 Å². The van der Waals surface area contributed by atoms with E-state index < -0.39 is 10.0 Å². The maximum Gasteiger partial charge on any atom is 0.240 e. The molecular formula is C17H20BrFN2O2S. The van der Waals surface area contributed by atoms with Gasteiger partial charge in [0.1, 0.15) is 5.82 Å². The average molecular weight is 415 g/mol. The van der Waals surface area contributed by atoms with Crippen molar-refractivity contribution < 1.29 is 12.8 Å². The van der Waals surface area contributed by atoms with Gasteiger partial charge in [-0.3, -0.25) is 0 Å². The molecule has 0 aliphatic carbocycles. The fraction of sp³-hybridized carbons (Fsp3) is 0.294. The highest BCUT2D eigenvalue weighted by Gasteiger charge is 2.21. The molecule has 2 rings (SSSR count). The van der Waals surface area contributed by atoms with E-state index >= 15 is 0 Å². The van der Waals surface area contributed by atoms with Gasteiger partial charge in [-0.2, -0.15) is 0 Å². The zero-order valence-corrected chi connectivity index (χ0v) is 16.2. The maximum atomic E-state index is 13.5. The molecule has 24 heavy (non-hydrogen) atoms. The van der Waals surface area contributed by atoms with Crippen LogP contribution in [-0.2, 0) is 10.0 Å². The van der Waals surface area contributed by atoms with E-state index in [1.165, 1.54) is 12.1 Å². The molecule has 1 atom stereocenters. The number of sulfonamides is 1. The van der Waals surface area contributed by atoms with Crippen LogP contribution in [0.25, 0.3) is 0 Å². The topological polar surface area (TPSA) is 49.4 Å². The van der Waals surface area contributed by atoms with Gasteiger partial charge in [0, 0.05) is 17.1 Å². The number of likely N-dealkylation sites (N-methyl/N-ethyl adjacent to an activating group) is 1. The van der Waals surface area contributed by atoms with Crippen LogP contribution in [0.1, 0.15) is 17.2 Å². The molecule has 0 aliphatic rings. The Labute approximate surface area is 150 Å². The van der Waals surface area contributed by atoms with E-state index in [0.29, 0.717) is 15.6 Å².